The van der Waals surface area contributed by atoms with Gasteiger partial charge >= 0.3 is 0 Å². The molecule has 0 spiro atoms. The summed E-state index contributed by atoms with van der Waals surface area (Å²) in [6, 6.07) is 7.82. The Hall–Kier alpha value is -2.63. The van der Waals surface area contributed by atoms with E-state index in [0.717, 1.165) is 12.0 Å². The summed E-state index contributed by atoms with van der Waals surface area (Å²) in [5.41, 5.74) is 6.27. The first kappa shape index (κ1) is 19.4. The van der Waals surface area contributed by atoms with Crippen molar-refractivity contribution < 1.29 is 14.4 Å². The third-order valence-corrected chi connectivity index (χ3v) is 3.54. The molecule has 0 heterocycles. The van der Waals surface area contributed by atoms with Crippen LogP contribution in [0.4, 0.5) is 0 Å². The predicted molar refractivity (Wildman–Crippen MR) is 92.9 cm³/mol. The summed E-state index contributed by atoms with van der Waals surface area (Å²) >= 11 is 0. The standard InChI is InChI=1S/C18H25N3O3/c1-3-4-6-11-15(17(19)23)21-18(24)16(20-13(2)22)12-14-9-7-5-8-10-14/h3,5,7-10,15-16H,1,4,6,11-12H2,2H3,(H2,19,23)(H,20,22)(H,21,24)/t15-,16-/m0/s1. The van der Waals surface area contributed by atoms with E-state index in [1.165, 1.54) is 6.92 Å². The number of nitrogens with two attached hydrogens (primary N) is 1. The van der Waals surface area contributed by atoms with Crippen LogP contribution in [0.5, 0.6) is 0 Å². The minimum atomic E-state index is -0.760. The Morgan fingerprint density at radius 3 is 2.38 bits per heavy atom. The number of carbonyl (C=O) groups excluding carboxylic acids is 3. The summed E-state index contributed by atoms with van der Waals surface area (Å²) in [5, 5.41) is 5.26. The summed E-state index contributed by atoms with van der Waals surface area (Å²) in [6.07, 6.45) is 3.95. The van der Waals surface area contributed by atoms with Crippen LogP contribution in [0.3, 0.4) is 0 Å². The molecule has 0 saturated carbocycles. The van der Waals surface area contributed by atoms with Gasteiger partial charge in [-0.25, -0.2) is 0 Å². The lowest BCUT2D eigenvalue weighted by Gasteiger charge is -2.21. The van der Waals surface area contributed by atoms with Crippen molar-refractivity contribution in [3.63, 3.8) is 0 Å². The first-order valence-electron chi connectivity index (χ1n) is 7.95. The number of benzene rings is 1. The summed E-state index contributed by atoms with van der Waals surface area (Å²) < 4.78 is 0. The number of carbonyl (C=O) groups is 3. The molecule has 0 aliphatic carbocycles. The van der Waals surface area contributed by atoms with Gasteiger partial charge in [0.1, 0.15) is 12.1 Å². The highest BCUT2D eigenvalue weighted by Crippen LogP contribution is 2.06. The minimum absolute atomic E-state index is 0.312. The third kappa shape index (κ3) is 7.09. The molecule has 0 bridgehead atoms. The molecular weight excluding hydrogens is 306 g/mol. The molecule has 4 N–H and O–H groups in total. The van der Waals surface area contributed by atoms with Crippen molar-refractivity contribution in [1.82, 2.24) is 10.6 Å². The molecule has 0 aliphatic rings. The second-order valence-electron chi connectivity index (χ2n) is 5.63. The van der Waals surface area contributed by atoms with Crippen molar-refractivity contribution in [3.05, 3.63) is 48.6 Å². The number of nitrogens with one attached hydrogen (secondary N) is 2. The lowest BCUT2D eigenvalue weighted by atomic mass is 10.0. The zero-order chi connectivity index (χ0) is 17.9. The van der Waals surface area contributed by atoms with Crippen molar-refractivity contribution in [1.29, 1.82) is 0 Å². The van der Waals surface area contributed by atoms with Gasteiger partial charge in [0.2, 0.25) is 17.7 Å². The van der Waals surface area contributed by atoms with Gasteiger partial charge in [-0.3, -0.25) is 14.4 Å². The van der Waals surface area contributed by atoms with Crippen LogP contribution in [0.15, 0.2) is 43.0 Å². The van der Waals surface area contributed by atoms with Crippen LogP contribution in [-0.4, -0.2) is 29.8 Å². The van der Waals surface area contributed by atoms with E-state index in [1.54, 1.807) is 6.08 Å². The summed E-state index contributed by atoms with van der Waals surface area (Å²) in [7, 11) is 0. The van der Waals surface area contributed by atoms with Crippen LogP contribution in [-0.2, 0) is 20.8 Å². The van der Waals surface area contributed by atoms with Gasteiger partial charge in [0.25, 0.3) is 0 Å². The molecule has 130 valence electrons. The highest BCUT2D eigenvalue weighted by atomic mass is 16.2. The molecule has 0 saturated heterocycles. The molecule has 0 radical (unpaired) electrons. The molecule has 0 fully saturated rings. The highest BCUT2D eigenvalue weighted by Gasteiger charge is 2.24. The molecule has 1 rings (SSSR count). The fourth-order valence-electron chi connectivity index (χ4n) is 2.33. The maximum Gasteiger partial charge on any atom is 0.243 e. The Bertz CT molecular complexity index is 572. The zero-order valence-corrected chi connectivity index (χ0v) is 14.0. The van der Waals surface area contributed by atoms with Gasteiger partial charge in [-0.2, -0.15) is 0 Å². The zero-order valence-electron chi connectivity index (χ0n) is 14.0. The average molecular weight is 331 g/mol. The SMILES string of the molecule is C=CCCC[C@H](NC(=O)[C@H](Cc1ccccc1)NC(C)=O)C(N)=O. The Morgan fingerprint density at radius 2 is 1.83 bits per heavy atom. The Balaban J connectivity index is 2.76. The van der Waals surface area contributed by atoms with E-state index >= 15 is 0 Å². The first-order chi connectivity index (χ1) is 11.4. The van der Waals surface area contributed by atoms with Crippen LogP contribution in [0.25, 0.3) is 0 Å². The van der Waals surface area contributed by atoms with E-state index < -0.39 is 23.9 Å². The number of primary amides is 1. The molecule has 2 atom stereocenters. The van der Waals surface area contributed by atoms with Crippen molar-refractivity contribution in [2.24, 2.45) is 5.73 Å². The Kier molecular flexibility index (Phi) is 8.25. The molecule has 1 aromatic carbocycles. The van der Waals surface area contributed by atoms with E-state index in [-0.39, 0.29) is 5.91 Å². The number of hydrogen-bond acceptors (Lipinski definition) is 3. The lowest BCUT2D eigenvalue weighted by Crippen LogP contribution is -2.53. The molecule has 3 amide bonds. The van der Waals surface area contributed by atoms with Gasteiger partial charge in [-0.15, -0.1) is 6.58 Å². The molecular formula is C18H25N3O3. The van der Waals surface area contributed by atoms with E-state index in [0.29, 0.717) is 19.3 Å². The number of allylic oxidation sites excluding steroid dienone is 1. The van der Waals surface area contributed by atoms with Gasteiger partial charge in [0.15, 0.2) is 0 Å². The lowest BCUT2D eigenvalue weighted by molar-refractivity contribution is -0.130. The second kappa shape index (κ2) is 10.2. The van der Waals surface area contributed by atoms with Crippen molar-refractivity contribution in [2.45, 2.75) is 44.7 Å². The maximum absolute atomic E-state index is 12.5. The van der Waals surface area contributed by atoms with Gasteiger partial charge < -0.3 is 16.4 Å². The first-order valence-corrected chi connectivity index (χ1v) is 7.95. The van der Waals surface area contributed by atoms with Crippen molar-refractivity contribution >= 4 is 17.7 Å². The smallest absolute Gasteiger partial charge is 0.243 e. The number of amides is 3. The largest absolute Gasteiger partial charge is 0.368 e. The molecule has 1 aromatic rings. The normalized spacial score (nSPS) is 12.7. The molecule has 0 unspecified atom stereocenters. The number of rotatable bonds is 10. The fraction of sp³-hybridized carbons (Fsp3) is 0.389. The summed E-state index contributed by atoms with van der Waals surface area (Å²) in [6.45, 7) is 4.97. The fourth-order valence-corrected chi connectivity index (χ4v) is 2.33. The van der Waals surface area contributed by atoms with Gasteiger partial charge in [-0.1, -0.05) is 36.4 Å². The van der Waals surface area contributed by atoms with Gasteiger partial charge in [0, 0.05) is 13.3 Å². The van der Waals surface area contributed by atoms with Gasteiger partial charge in [-0.05, 0) is 24.8 Å². The Labute approximate surface area is 142 Å². The monoisotopic (exact) mass is 331 g/mol. The number of hydrogen-bond donors (Lipinski definition) is 3. The number of unbranched alkanes of at least 4 members (excludes halogenated alkanes) is 1. The van der Waals surface area contributed by atoms with E-state index in [4.69, 9.17) is 5.73 Å². The third-order valence-electron chi connectivity index (χ3n) is 3.54. The van der Waals surface area contributed by atoms with E-state index in [2.05, 4.69) is 17.2 Å². The summed E-state index contributed by atoms with van der Waals surface area (Å²) in [4.78, 5) is 35.4. The van der Waals surface area contributed by atoms with Crippen molar-refractivity contribution in [3.8, 4) is 0 Å². The summed E-state index contributed by atoms with van der Waals surface area (Å²) in [5.74, 6) is -1.32. The molecule has 0 aliphatic heterocycles. The maximum atomic E-state index is 12.5. The highest BCUT2D eigenvalue weighted by molar-refractivity contribution is 5.91. The van der Waals surface area contributed by atoms with E-state index in [9.17, 15) is 14.4 Å². The van der Waals surface area contributed by atoms with Crippen molar-refractivity contribution in [2.75, 3.05) is 0 Å². The quantitative estimate of drug-likeness (QED) is 0.441. The topological polar surface area (TPSA) is 101 Å². The molecule has 0 aromatic heterocycles. The predicted octanol–water partition coefficient (Wildman–Crippen LogP) is 1.06. The molecule has 24 heavy (non-hydrogen) atoms. The average Bonchev–Trinajstić information content (AvgIpc) is 2.53. The second-order valence-corrected chi connectivity index (χ2v) is 5.63. The molecule has 6 nitrogen and oxygen atoms in total. The van der Waals surface area contributed by atoms with Crippen LogP contribution < -0.4 is 16.4 Å². The van der Waals surface area contributed by atoms with Crippen LogP contribution in [0, 0.1) is 0 Å². The van der Waals surface area contributed by atoms with Crippen LogP contribution in [0.1, 0.15) is 31.7 Å². The molecule has 6 heteroatoms. The van der Waals surface area contributed by atoms with Gasteiger partial charge in [0.05, 0.1) is 0 Å². The minimum Gasteiger partial charge on any atom is -0.368 e. The van der Waals surface area contributed by atoms with Crippen LogP contribution >= 0.6 is 0 Å². The Morgan fingerprint density at radius 1 is 1.17 bits per heavy atom. The van der Waals surface area contributed by atoms with Crippen LogP contribution in [0.2, 0.25) is 0 Å². The van der Waals surface area contributed by atoms with E-state index in [1.807, 2.05) is 30.3 Å².